The lowest BCUT2D eigenvalue weighted by Crippen LogP contribution is -2.27. The van der Waals surface area contributed by atoms with Crippen molar-refractivity contribution in [2.24, 2.45) is 0 Å². The van der Waals surface area contributed by atoms with Crippen LogP contribution in [0.1, 0.15) is 49.8 Å². The summed E-state index contributed by atoms with van der Waals surface area (Å²) >= 11 is 1.94. The van der Waals surface area contributed by atoms with Gasteiger partial charge in [-0.25, -0.2) is 0 Å². The van der Waals surface area contributed by atoms with Crippen molar-refractivity contribution in [3.05, 3.63) is 21.9 Å². The normalized spacial score (nSPS) is 13.0. The number of hydrogen-bond acceptors (Lipinski definition) is 2. The molecule has 1 aromatic heterocycles. The number of nitrogens with one attached hydrogen (secondary N) is 1. The second-order valence-electron chi connectivity index (χ2n) is 4.00. The summed E-state index contributed by atoms with van der Waals surface area (Å²) in [7, 11) is 0. The van der Waals surface area contributed by atoms with Crippen LogP contribution >= 0.6 is 11.3 Å². The second kappa shape index (κ2) is 7.02. The highest BCUT2D eigenvalue weighted by Crippen LogP contribution is 2.17. The molecule has 1 heterocycles. The Balaban J connectivity index is 2.34. The zero-order valence-corrected chi connectivity index (χ0v) is 11.0. The number of aryl methyl sites for hydroxylation is 1. The van der Waals surface area contributed by atoms with Gasteiger partial charge in [0.05, 0.1) is 0 Å². The van der Waals surface area contributed by atoms with Crippen molar-refractivity contribution in [2.75, 3.05) is 0 Å². The van der Waals surface area contributed by atoms with Crippen molar-refractivity contribution in [3.8, 4) is 0 Å². The molecule has 0 radical (unpaired) electrons. The van der Waals surface area contributed by atoms with Gasteiger partial charge in [-0.05, 0) is 31.4 Å². The Hall–Kier alpha value is -0.340. The van der Waals surface area contributed by atoms with Crippen LogP contribution in [-0.4, -0.2) is 6.04 Å². The van der Waals surface area contributed by atoms with Gasteiger partial charge >= 0.3 is 0 Å². The van der Waals surface area contributed by atoms with Gasteiger partial charge in [-0.2, -0.15) is 0 Å². The molecule has 0 aliphatic heterocycles. The Labute approximate surface area is 97.9 Å². The Bertz CT molecular complexity index is 267. The van der Waals surface area contributed by atoms with Crippen molar-refractivity contribution in [2.45, 2.75) is 59.0 Å². The average molecular weight is 225 g/mol. The van der Waals surface area contributed by atoms with Crippen LogP contribution in [0, 0.1) is 0 Å². The molecular weight excluding hydrogens is 202 g/mol. The molecule has 1 nitrogen and oxygen atoms in total. The molecule has 0 saturated heterocycles. The largest absolute Gasteiger partial charge is 0.309 e. The molecule has 0 bridgehead atoms. The predicted octanol–water partition coefficient (Wildman–Crippen LogP) is 3.98. The van der Waals surface area contributed by atoms with Gasteiger partial charge in [0, 0.05) is 22.3 Å². The van der Waals surface area contributed by atoms with Crippen LogP contribution in [0.4, 0.5) is 0 Å². The lowest BCUT2D eigenvalue weighted by molar-refractivity contribution is 0.464. The lowest BCUT2D eigenvalue weighted by atomic mass is 10.1. The summed E-state index contributed by atoms with van der Waals surface area (Å²) < 4.78 is 0. The first kappa shape index (κ1) is 12.7. The molecule has 1 unspecified atom stereocenters. The number of rotatable bonds is 7. The third-order valence-corrected chi connectivity index (χ3v) is 3.99. The molecule has 1 rings (SSSR count). The van der Waals surface area contributed by atoms with E-state index in [-0.39, 0.29) is 0 Å². The molecule has 1 atom stereocenters. The summed E-state index contributed by atoms with van der Waals surface area (Å²) in [6.45, 7) is 7.78. The third kappa shape index (κ3) is 4.35. The minimum absolute atomic E-state index is 0.696. The molecule has 1 aromatic rings. The van der Waals surface area contributed by atoms with Gasteiger partial charge in [-0.1, -0.05) is 27.2 Å². The Morgan fingerprint density at radius 3 is 2.47 bits per heavy atom. The van der Waals surface area contributed by atoms with Gasteiger partial charge in [-0.15, -0.1) is 11.3 Å². The molecule has 0 spiro atoms. The van der Waals surface area contributed by atoms with Crippen LogP contribution in [0.15, 0.2) is 12.1 Å². The van der Waals surface area contributed by atoms with E-state index < -0.39 is 0 Å². The minimum Gasteiger partial charge on any atom is -0.309 e. The fraction of sp³-hybridized carbons (Fsp3) is 0.692. The molecule has 0 aliphatic rings. The van der Waals surface area contributed by atoms with Gasteiger partial charge in [0.2, 0.25) is 0 Å². The van der Waals surface area contributed by atoms with Gasteiger partial charge in [-0.3, -0.25) is 0 Å². The molecule has 0 amide bonds. The minimum atomic E-state index is 0.696. The monoisotopic (exact) mass is 225 g/mol. The van der Waals surface area contributed by atoms with Crippen molar-refractivity contribution in [1.29, 1.82) is 0 Å². The molecular formula is C13H23NS. The fourth-order valence-electron chi connectivity index (χ4n) is 1.75. The van der Waals surface area contributed by atoms with Gasteiger partial charge in [0.15, 0.2) is 0 Å². The Kier molecular flexibility index (Phi) is 5.96. The molecule has 0 aliphatic carbocycles. The molecule has 1 N–H and O–H groups in total. The summed E-state index contributed by atoms with van der Waals surface area (Å²) in [5, 5.41) is 3.63. The standard InChI is InChI=1S/C13H23NS/c1-4-7-11(5-2)14-10-13-9-8-12(6-3)15-13/h8-9,11,14H,4-7,10H2,1-3H3. The van der Waals surface area contributed by atoms with E-state index in [0.717, 1.165) is 13.0 Å². The van der Waals surface area contributed by atoms with Crippen LogP contribution in [0.25, 0.3) is 0 Å². The number of hydrogen-bond donors (Lipinski definition) is 1. The maximum absolute atomic E-state index is 3.63. The molecule has 0 aromatic carbocycles. The van der Waals surface area contributed by atoms with E-state index in [1.54, 1.807) is 0 Å². The summed E-state index contributed by atoms with van der Waals surface area (Å²) in [5.74, 6) is 0. The Morgan fingerprint density at radius 1 is 1.20 bits per heavy atom. The molecule has 2 heteroatoms. The van der Waals surface area contributed by atoms with Gasteiger partial charge in [0.1, 0.15) is 0 Å². The summed E-state index contributed by atoms with van der Waals surface area (Å²) in [5.41, 5.74) is 0. The topological polar surface area (TPSA) is 12.0 Å². The SMILES string of the molecule is CCCC(CC)NCc1ccc(CC)s1. The van der Waals surface area contributed by atoms with Crippen molar-refractivity contribution in [3.63, 3.8) is 0 Å². The second-order valence-corrected chi connectivity index (χ2v) is 5.25. The van der Waals surface area contributed by atoms with E-state index in [2.05, 4.69) is 38.2 Å². The van der Waals surface area contributed by atoms with Crippen LogP contribution in [0.2, 0.25) is 0 Å². The molecule has 86 valence electrons. The zero-order valence-electron chi connectivity index (χ0n) is 10.2. The van der Waals surface area contributed by atoms with E-state index in [4.69, 9.17) is 0 Å². The smallest absolute Gasteiger partial charge is 0.0302 e. The molecule has 15 heavy (non-hydrogen) atoms. The maximum Gasteiger partial charge on any atom is 0.0302 e. The van der Waals surface area contributed by atoms with Crippen molar-refractivity contribution in [1.82, 2.24) is 5.32 Å². The van der Waals surface area contributed by atoms with Gasteiger partial charge < -0.3 is 5.32 Å². The van der Waals surface area contributed by atoms with Crippen LogP contribution in [-0.2, 0) is 13.0 Å². The summed E-state index contributed by atoms with van der Waals surface area (Å²) in [6, 6.07) is 5.21. The summed E-state index contributed by atoms with van der Waals surface area (Å²) in [6.07, 6.45) is 4.97. The quantitative estimate of drug-likeness (QED) is 0.740. The van der Waals surface area contributed by atoms with E-state index in [9.17, 15) is 0 Å². The van der Waals surface area contributed by atoms with E-state index in [1.165, 1.54) is 29.0 Å². The predicted molar refractivity (Wildman–Crippen MR) is 69.5 cm³/mol. The lowest BCUT2D eigenvalue weighted by Gasteiger charge is -2.14. The third-order valence-electron chi connectivity index (χ3n) is 2.76. The zero-order chi connectivity index (χ0) is 11.1. The van der Waals surface area contributed by atoms with Crippen LogP contribution < -0.4 is 5.32 Å². The Morgan fingerprint density at radius 2 is 1.93 bits per heavy atom. The van der Waals surface area contributed by atoms with Crippen LogP contribution in [0.3, 0.4) is 0 Å². The average Bonchev–Trinajstić information content (AvgIpc) is 2.72. The van der Waals surface area contributed by atoms with Crippen molar-refractivity contribution < 1.29 is 0 Å². The molecule has 0 saturated carbocycles. The first-order valence-corrected chi connectivity index (χ1v) is 6.92. The van der Waals surface area contributed by atoms with Crippen LogP contribution in [0.5, 0.6) is 0 Å². The summed E-state index contributed by atoms with van der Waals surface area (Å²) in [4.78, 5) is 2.97. The fourth-order valence-corrected chi connectivity index (χ4v) is 2.66. The first-order valence-electron chi connectivity index (χ1n) is 6.11. The first-order chi connectivity index (χ1) is 7.30. The highest BCUT2D eigenvalue weighted by molar-refractivity contribution is 7.11. The van der Waals surface area contributed by atoms with E-state index in [0.29, 0.717) is 6.04 Å². The highest BCUT2D eigenvalue weighted by atomic mass is 32.1. The van der Waals surface area contributed by atoms with E-state index >= 15 is 0 Å². The maximum atomic E-state index is 3.63. The molecule has 0 fully saturated rings. The van der Waals surface area contributed by atoms with Gasteiger partial charge in [0.25, 0.3) is 0 Å². The number of thiophene rings is 1. The highest BCUT2D eigenvalue weighted by Gasteiger charge is 2.05. The van der Waals surface area contributed by atoms with Crippen molar-refractivity contribution >= 4 is 11.3 Å². The van der Waals surface area contributed by atoms with E-state index in [1.807, 2.05) is 11.3 Å².